The van der Waals surface area contributed by atoms with Crippen molar-refractivity contribution >= 4 is 11.8 Å². The van der Waals surface area contributed by atoms with Gasteiger partial charge in [0.2, 0.25) is 0 Å². The third-order valence-corrected chi connectivity index (χ3v) is 2.49. The van der Waals surface area contributed by atoms with Crippen LogP contribution in [0.2, 0.25) is 0 Å². The fourth-order valence-electron chi connectivity index (χ4n) is 1.05. The maximum atomic E-state index is 12.6. The lowest BCUT2D eigenvalue weighted by atomic mass is 9.91. The largest absolute Gasteiger partial charge is 0.433 e. The Labute approximate surface area is 96.7 Å². The molecule has 0 saturated carbocycles. The minimum atomic E-state index is -4.42. The van der Waals surface area contributed by atoms with Gasteiger partial charge in [0.1, 0.15) is 5.69 Å². The summed E-state index contributed by atoms with van der Waals surface area (Å²) in [5, 5.41) is 0.153. The summed E-state index contributed by atoms with van der Waals surface area (Å²) in [6.45, 7) is 5.46. The van der Waals surface area contributed by atoms with E-state index >= 15 is 0 Å². The van der Waals surface area contributed by atoms with Crippen molar-refractivity contribution in [2.24, 2.45) is 0 Å². The number of halogens is 3. The Morgan fingerprint density at radius 3 is 1.94 bits per heavy atom. The highest BCUT2D eigenvalue weighted by Crippen LogP contribution is 2.31. The van der Waals surface area contributed by atoms with Crippen LogP contribution in [0.3, 0.4) is 0 Å². The van der Waals surface area contributed by atoms with E-state index in [4.69, 9.17) is 0 Å². The van der Waals surface area contributed by atoms with Gasteiger partial charge < -0.3 is 0 Å². The van der Waals surface area contributed by atoms with E-state index in [0.29, 0.717) is 5.69 Å². The molecular weight excluding hydrogens is 237 g/mol. The molecule has 0 atom stereocenters. The van der Waals surface area contributed by atoms with Crippen LogP contribution in [0.4, 0.5) is 13.2 Å². The summed E-state index contributed by atoms with van der Waals surface area (Å²) in [5.41, 5.74) is -0.899. The van der Waals surface area contributed by atoms with Crippen LogP contribution in [0.25, 0.3) is 0 Å². The molecule has 0 aliphatic rings. The van der Waals surface area contributed by atoms with Crippen molar-refractivity contribution < 1.29 is 13.2 Å². The second-order valence-electron chi connectivity index (χ2n) is 4.37. The molecular formula is C10H13F3N2S. The van der Waals surface area contributed by atoms with Crippen molar-refractivity contribution in [3.05, 3.63) is 17.5 Å². The zero-order chi connectivity index (χ0) is 12.6. The highest BCUT2D eigenvalue weighted by molar-refractivity contribution is 7.98. The van der Waals surface area contributed by atoms with Crippen molar-refractivity contribution in [1.82, 2.24) is 9.97 Å². The van der Waals surface area contributed by atoms with E-state index in [2.05, 4.69) is 9.97 Å². The smallest absolute Gasteiger partial charge is 0.227 e. The van der Waals surface area contributed by atoms with Crippen LogP contribution in [0.5, 0.6) is 0 Å². The zero-order valence-electron chi connectivity index (χ0n) is 9.51. The van der Waals surface area contributed by atoms with Crippen molar-refractivity contribution in [2.75, 3.05) is 6.26 Å². The monoisotopic (exact) mass is 250 g/mol. The molecule has 1 aromatic rings. The average molecular weight is 250 g/mol. The van der Waals surface area contributed by atoms with Gasteiger partial charge in [0.15, 0.2) is 5.16 Å². The van der Waals surface area contributed by atoms with Crippen LogP contribution in [-0.2, 0) is 11.6 Å². The first-order chi connectivity index (χ1) is 7.14. The van der Waals surface area contributed by atoms with Crippen LogP contribution in [0, 0.1) is 0 Å². The van der Waals surface area contributed by atoms with Crippen LogP contribution in [0.1, 0.15) is 32.2 Å². The van der Waals surface area contributed by atoms with Crippen molar-refractivity contribution in [1.29, 1.82) is 0 Å². The molecule has 16 heavy (non-hydrogen) atoms. The molecule has 0 spiro atoms. The summed E-state index contributed by atoms with van der Waals surface area (Å²) >= 11 is 1.11. The summed E-state index contributed by atoms with van der Waals surface area (Å²) in [6, 6.07) is 1.01. The second kappa shape index (κ2) is 4.24. The van der Waals surface area contributed by atoms with E-state index in [-0.39, 0.29) is 5.16 Å². The molecule has 0 saturated heterocycles. The molecule has 0 fully saturated rings. The molecule has 0 aliphatic carbocycles. The summed E-state index contributed by atoms with van der Waals surface area (Å²) in [7, 11) is 0. The van der Waals surface area contributed by atoms with E-state index < -0.39 is 17.3 Å². The molecule has 90 valence electrons. The number of rotatable bonds is 1. The predicted molar refractivity (Wildman–Crippen MR) is 57.5 cm³/mol. The van der Waals surface area contributed by atoms with Gasteiger partial charge in [-0.15, -0.1) is 0 Å². The molecule has 1 aromatic heterocycles. The van der Waals surface area contributed by atoms with Crippen molar-refractivity contribution in [2.45, 2.75) is 37.5 Å². The van der Waals surface area contributed by atoms with E-state index in [1.165, 1.54) is 0 Å². The number of nitrogens with zero attached hydrogens (tertiary/aromatic N) is 2. The molecule has 2 nitrogen and oxygen atoms in total. The third-order valence-electron chi connectivity index (χ3n) is 1.95. The standard InChI is InChI=1S/C10H13F3N2S/c1-9(2,3)6-5-7(10(11,12)13)15-8(14-6)16-4/h5H,1-4H3. The molecule has 0 bridgehead atoms. The highest BCUT2D eigenvalue weighted by atomic mass is 32.2. The van der Waals surface area contributed by atoms with E-state index in [9.17, 15) is 13.2 Å². The molecule has 1 rings (SSSR count). The Kier molecular flexibility index (Phi) is 3.52. The molecule has 0 amide bonds. The van der Waals surface area contributed by atoms with E-state index in [0.717, 1.165) is 17.8 Å². The first-order valence-electron chi connectivity index (χ1n) is 4.65. The van der Waals surface area contributed by atoms with Crippen LogP contribution < -0.4 is 0 Å². The Morgan fingerprint density at radius 2 is 1.56 bits per heavy atom. The van der Waals surface area contributed by atoms with Crippen LogP contribution in [-0.4, -0.2) is 16.2 Å². The third kappa shape index (κ3) is 3.10. The van der Waals surface area contributed by atoms with Gasteiger partial charge in [-0.05, 0) is 12.3 Å². The molecule has 0 N–H and O–H groups in total. The Hall–Kier alpha value is -0.780. The lowest BCUT2D eigenvalue weighted by Gasteiger charge is -2.19. The first-order valence-corrected chi connectivity index (χ1v) is 5.88. The summed E-state index contributed by atoms with van der Waals surface area (Å²) < 4.78 is 37.7. The van der Waals surface area contributed by atoms with Crippen LogP contribution >= 0.6 is 11.8 Å². The first kappa shape index (κ1) is 13.3. The number of hydrogen-bond donors (Lipinski definition) is 0. The quantitative estimate of drug-likeness (QED) is 0.563. The molecule has 0 aromatic carbocycles. The minimum Gasteiger partial charge on any atom is -0.227 e. The number of thioether (sulfide) groups is 1. The fraction of sp³-hybridized carbons (Fsp3) is 0.600. The fourth-order valence-corrected chi connectivity index (χ4v) is 1.43. The summed E-state index contributed by atoms with van der Waals surface area (Å²) in [6.07, 6.45) is -2.77. The summed E-state index contributed by atoms with van der Waals surface area (Å²) in [5.74, 6) is 0. The Morgan fingerprint density at radius 1 is 1.06 bits per heavy atom. The number of hydrogen-bond acceptors (Lipinski definition) is 3. The lowest BCUT2D eigenvalue weighted by Crippen LogP contribution is -2.18. The lowest BCUT2D eigenvalue weighted by molar-refractivity contribution is -0.141. The average Bonchev–Trinajstić information content (AvgIpc) is 2.14. The van der Waals surface area contributed by atoms with Gasteiger partial charge in [-0.3, -0.25) is 0 Å². The SMILES string of the molecule is CSc1nc(C(C)(C)C)cc(C(F)(F)F)n1. The van der Waals surface area contributed by atoms with E-state index in [1.807, 2.05) is 20.8 Å². The molecule has 6 heteroatoms. The van der Waals surface area contributed by atoms with Gasteiger partial charge in [-0.1, -0.05) is 32.5 Å². The van der Waals surface area contributed by atoms with Gasteiger partial charge in [-0.2, -0.15) is 13.2 Å². The molecule has 1 heterocycles. The zero-order valence-corrected chi connectivity index (χ0v) is 10.3. The normalized spacial score (nSPS) is 12.9. The Balaban J connectivity index is 3.33. The molecule has 0 aliphatic heterocycles. The van der Waals surface area contributed by atoms with Crippen LogP contribution in [0.15, 0.2) is 11.2 Å². The van der Waals surface area contributed by atoms with Crippen molar-refractivity contribution in [3.8, 4) is 0 Å². The highest BCUT2D eigenvalue weighted by Gasteiger charge is 2.34. The van der Waals surface area contributed by atoms with Gasteiger partial charge in [-0.25, -0.2) is 9.97 Å². The van der Waals surface area contributed by atoms with Gasteiger partial charge >= 0.3 is 6.18 Å². The van der Waals surface area contributed by atoms with Gasteiger partial charge in [0, 0.05) is 5.41 Å². The summed E-state index contributed by atoms with van der Waals surface area (Å²) in [4.78, 5) is 7.55. The molecule has 0 radical (unpaired) electrons. The topological polar surface area (TPSA) is 25.8 Å². The molecule has 0 unspecified atom stereocenters. The second-order valence-corrected chi connectivity index (χ2v) is 5.15. The maximum absolute atomic E-state index is 12.6. The predicted octanol–water partition coefficient (Wildman–Crippen LogP) is 3.51. The van der Waals surface area contributed by atoms with Gasteiger partial charge in [0.05, 0.1) is 5.69 Å². The maximum Gasteiger partial charge on any atom is 0.433 e. The Bertz CT molecular complexity index is 350. The number of aromatic nitrogens is 2. The van der Waals surface area contributed by atoms with E-state index in [1.54, 1.807) is 6.26 Å². The van der Waals surface area contributed by atoms with Gasteiger partial charge in [0.25, 0.3) is 0 Å². The minimum absolute atomic E-state index is 0.153. The van der Waals surface area contributed by atoms with Crippen molar-refractivity contribution in [3.63, 3.8) is 0 Å². The number of alkyl halides is 3.